The van der Waals surface area contributed by atoms with E-state index in [1.807, 2.05) is 20.8 Å². The third-order valence-corrected chi connectivity index (χ3v) is 2.12. The largest absolute Gasteiger partial charge is 0.460 e. The van der Waals surface area contributed by atoms with Crippen LogP contribution < -0.4 is 0 Å². The van der Waals surface area contributed by atoms with Gasteiger partial charge in [0.05, 0.1) is 32.5 Å². The number of hydrogen-bond donors (Lipinski definition) is 0. The van der Waals surface area contributed by atoms with Gasteiger partial charge in [0.1, 0.15) is 12.7 Å². The highest BCUT2D eigenvalue weighted by atomic mass is 17.2. The fourth-order valence-electron chi connectivity index (χ4n) is 1.15. The molecule has 6 nitrogen and oxygen atoms in total. The van der Waals surface area contributed by atoms with Gasteiger partial charge in [0.2, 0.25) is 0 Å². The van der Waals surface area contributed by atoms with E-state index in [0.717, 1.165) is 6.08 Å². The third-order valence-electron chi connectivity index (χ3n) is 2.12. The molecule has 0 aliphatic carbocycles. The fraction of sp³-hybridized carbons (Fsp3) is 0.769. The highest BCUT2D eigenvalue weighted by Crippen LogP contribution is 2.00. The van der Waals surface area contributed by atoms with E-state index in [9.17, 15) is 4.79 Å². The van der Waals surface area contributed by atoms with Gasteiger partial charge in [-0.05, 0) is 20.8 Å². The average Bonchev–Trinajstić information content (AvgIpc) is 2.40. The Kier molecular flexibility index (Phi) is 10.4. The van der Waals surface area contributed by atoms with Crippen LogP contribution >= 0.6 is 0 Å². The summed E-state index contributed by atoms with van der Waals surface area (Å²) in [6.07, 6.45) is 0.705. The van der Waals surface area contributed by atoms with Crippen molar-refractivity contribution in [3.05, 3.63) is 12.7 Å². The van der Waals surface area contributed by atoms with Gasteiger partial charge < -0.3 is 14.2 Å². The molecule has 19 heavy (non-hydrogen) atoms. The number of carbonyl (C=O) groups is 1. The molecular weight excluding hydrogens is 252 g/mol. The van der Waals surface area contributed by atoms with Crippen molar-refractivity contribution in [3.8, 4) is 0 Å². The van der Waals surface area contributed by atoms with Gasteiger partial charge in [-0.15, -0.1) is 0 Å². The van der Waals surface area contributed by atoms with E-state index in [2.05, 4.69) is 11.5 Å². The van der Waals surface area contributed by atoms with Crippen LogP contribution in [0.15, 0.2) is 12.7 Å². The predicted octanol–water partition coefficient (Wildman–Crippen LogP) is 1.49. The smallest absolute Gasteiger partial charge is 0.330 e. The molecule has 0 radical (unpaired) electrons. The average molecular weight is 276 g/mol. The van der Waals surface area contributed by atoms with Crippen LogP contribution in [0.5, 0.6) is 0 Å². The van der Waals surface area contributed by atoms with E-state index < -0.39 is 5.97 Å². The monoisotopic (exact) mass is 276 g/mol. The molecule has 0 heterocycles. The van der Waals surface area contributed by atoms with E-state index in [-0.39, 0.29) is 24.9 Å². The Balaban J connectivity index is 3.62. The van der Waals surface area contributed by atoms with Gasteiger partial charge in [-0.25, -0.2) is 14.6 Å². The molecule has 3 unspecified atom stereocenters. The molecule has 0 bridgehead atoms. The number of ether oxygens (including phenoxy) is 3. The lowest BCUT2D eigenvalue weighted by Gasteiger charge is -2.19. The second-order valence-electron chi connectivity index (χ2n) is 4.20. The second-order valence-corrected chi connectivity index (χ2v) is 4.20. The summed E-state index contributed by atoms with van der Waals surface area (Å²) in [7, 11) is 1.45. The third kappa shape index (κ3) is 10.6. The summed E-state index contributed by atoms with van der Waals surface area (Å²) in [6, 6.07) is 0. The lowest BCUT2D eigenvalue weighted by Crippen LogP contribution is -2.27. The summed E-state index contributed by atoms with van der Waals surface area (Å²) in [4.78, 5) is 20.2. The summed E-state index contributed by atoms with van der Waals surface area (Å²) >= 11 is 0. The van der Waals surface area contributed by atoms with Gasteiger partial charge in [-0.1, -0.05) is 6.58 Å². The Morgan fingerprint density at radius 1 is 1.05 bits per heavy atom. The number of hydrogen-bond acceptors (Lipinski definition) is 6. The first kappa shape index (κ1) is 18.0. The van der Waals surface area contributed by atoms with Crippen LogP contribution in [0.3, 0.4) is 0 Å². The zero-order valence-electron chi connectivity index (χ0n) is 12.1. The Morgan fingerprint density at radius 2 is 1.58 bits per heavy atom. The summed E-state index contributed by atoms with van der Waals surface area (Å²) in [5.74, 6) is -0.453. The van der Waals surface area contributed by atoms with Crippen molar-refractivity contribution in [1.82, 2.24) is 0 Å². The van der Waals surface area contributed by atoms with Crippen molar-refractivity contribution in [3.63, 3.8) is 0 Å². The molecule has 0 saturated carbocycles. The van der Waals surface area contributed by atoms with Gasteiger partial charge in [-0.3, -0.25) is 0 Å². The molecule has 112 valence electrons. The van der Waals surface area contributed by atoms with Crippen LogP contribution in [-0.4, -0.2) is 51.2 Å². The van der Waals surface area contributed by atoms with Gasteiger partial charge in [0, 0.05) is 6.08 Å². The molecule has 0 spiro atoms. The van der Waals surface area contributed by atoms with Crippen LogP contribution in [0.1, 0.15) is 20.8 Å². The summed E-state index contributed by atoms with van der Waals surface area (Å²) in [5, 5.41) is 0. The van der Waals surface area contributed by atoms with E-state index >= 15 is 0 Å². The van der Waals surface area contributed by atoms with Crippen LogP contribution in [0.4, 0.5) is 0 Å². The maximum atomic E-state index is 10.8. The van der Waals surface area contributed by atoms with E-state index in [1.165, 1.54) is 7.11 Å². The molecule has 0 fully saturated rings. The molecule has 0 aromatic rings. The minimum absolute atomic E-state index is 0.0829. The van der Waals surface area contributed by atoms with Gasteiger partial charge in [0.15, 0.2) is 0 Å². The predicted molar refractivity (Wildman–Crippen MR) is 69.5 cm³/mol. The van der Waals surface area contributed by atoms with Crippen molar-refractivity contribution >= 4 is 5.97 Å². The minimum atomic E-state index is -0.453. The molecule has 0 aliphatic rings. The van der Waals surface area contributed by atoms with E-state index in [1.54, 1.807) is 0 Å². The summed E-state index contributed by atoms with van der Waals surface area (Å²) in [6.45, 7) is 9.88. The zero-order chi connectivity index (χ0) is 14.7. The first-order valence-corrected chi connectivity index (χ1v) is 6.21. The number of carbonyl (C=O) groups excluding carboxylic acids is 1. The van der Waals surface area contributed by atoms with E-state index in [4.69, 9.17) is 19.1 Å². The van der Waals surface area contributed by atoms with Crippen molar-refractivity contribution in [2.45, 2.75) is 39.1 Å². The highest BCUT2D eigenvalue weighted by molar-refractivity contribution is 5.81. The maximum Gasteiger partial charge on any atom is 0.330 e. The normalized spacial score (nSPS) is 15.6. The van der Waals surface area contributed by atoms with Crippen molar-refractivity contribution in [2.75, 3.05) is 26.9 Å². The number of esters is 1. The maximum absolute atomic E-state index is 10.8. The molecule has 0 aromatic carbocycles. The van der Waals surface area contributed by atoms with Gasteiger partial charge >= 0.3 is 5.97 Å². The molecule has 0 aromatic heterocycles. The first-order valence-electron chi connectivity index (χ1n) is 6.21. The standard InChI is InChI=1S/C13H24O6/c1-6-13(14)18-8-11(3)16-7-10(2)17-9-12(4)19-15-5/h6,10-12H,1,7-9H2,2-5H3. The van der Waals surface area contributed by atoms with Gasteiger partial charge in [-0.2, -0.15) is 0 Å². The molecular formula is C13H24O6. The Hall–Kier alpha value is -0.950. The Morgan fingerprint density at radius 3 is 2.11 bits per heavy atom. The van der Waals surface area contributed by atoms with E-state index in [0.29, 0.717) is 13.2 Å². The zero-order valence-corrected chi connectivity index (χ0v) is 12.1. The SMILES string of the molecule is C=CC(=O)OCC(C)OCC(C)OCC(C)OOC. The highest BCUT2D eigenvalue weighted by Gasteiger charge is 2.11. The molecule has 3 atom stereocenters. The molecule has 0 saturated heterocycles. The first-order chi connectivity index (χ1) is 8.99. The fourth-order valence-corrected chi connectivity index (χ4v) is 1.15. The topological polar surface area (TPSA) is 63.2 Å². The number of rotatable bonds is 11. The lowest BCUT2D eigenvalue weighted by atomic mass is 10.4. The van der Waals surface area contributed by atoms with Crippen molar-refractivity contribution in [2.24, 2.45) is 0 Å². The summed E-state index contributed by atoms with van der Waals surface area (Å²) < 4.78 is 15.8. The van der Waals surface area contributed by atoms with Crippen molar-refractivity contribution in [1.29, 1.82) is 0 Å². The second kappa shape index (κ2) is 10.9. The molecule has 0 amide bonds. The van der Waals surface area contributed by atoms with Crippen LogP contribution in [0, 0.1) is 0 Å². The van der Waals surface area contributed by atoms with Crippen molar-refractivity contribution < 1.29 is 28.8 Å². The molecule has 0 aliphatic heterocycles. The van der Waals surface area contributed by atoms with Crippen LogP contribution in [-0.2, 0) is 28.8 Å². The Labute approximate surface area is 114 Å². The molecule has 0 N–H and O–H groups in total. The lowest BCUT2D eigenvalue weighted by molar-refractivity contribution is -0.309. The Bertz CT molecular complexity index is 256. The van der Waals surface area contributed by atoms with Gasteiger partial charge in [0.25, 0.3) is 0 Å². The molecule has 0 rings (SSSR count). The molecule has 6 heteroatoms. The quantitative estimate of drug-likeness (QED) is 0.246. The van der Waals surface area contributed by atoms with Crippen LogP contribution in [0.2, 0.25) is 0 Å². The van der Waals surface area contributed by atoms with Crippen LogP contribution in [0.25, 0.3) is 0 Å². The summed E-state index contributed by atoms with van der Waals surface area (Å²) in [5.41, 5.74) is 0. The minimum Gasteiger partial charge on any atom is -0.460 e.